The van der Waals surface area contributed by atoms with Crippen LogP contribution in [0.3, 0.4) is 0 Å². The zero-order valence-electron chi connectivity index (χ0n) is 15.6. The molecule has 3 rings (SSSR count). The van der Waals surface area contributed by atoms with Crippen molar-refractivity contribution in [1.29, 1.82) is 0 Å². The van der Waals surface area contributed by atoms with Crippen LogP contribution in [-0.4, -0.2) is 48.0 Å². The molecule has 14 heteroatoms. The normalized spacial score (nSPS) is 24.6. The molecular formula is C17H17F5N4O4S. The van der Waals surface area contributed by atoms with Crippen LogP contribution >= 0.6 is 0 Å². The second-order valence-electron chi connectivity index (χ2n) is 6.83. The lowest BCUT2D eigenvalue weighted by molar-refractivity contribution is -0.141. The number of nitrogens with one attached hydrogen (secondary N) is 1. The lowest BCUT2D eigenvalue weighted by Gasteiger charge is -2.32. The molecule has 1 saturated carbocycles. The number of ether oxygens (including phenoxy) is 1. The van der Waals surface area contributed by atoms with Crippen molar-refractivity contribution >= 4 is 21.7 Å². The summed E-state index contributed by atoms with van der Waals surface area (Å²) in [5.41, 5.74) is -1.15. The first-order valence-corrected chi connectivity index (χ1v) is 10.4. The Labute approximate surface area is 173 Å². The Bertz CT molecular complexity index is 1040. The average Bonchev–Trinajstić information content (AvgIpc) is 2.65. The smallest absolute Gasteiger partial charge is 0.423 e. The van der Waals surface area contributed by atoms with Gasteiger partial charge in [0.25, 0.3) is 0 Å². The number of sulfonamides is 1. The van der Waals surface area contributed by atoms with Crippen LogP contribution < -0.4 is 15.2 Å². The van der Waals surface area contributed by atoms with E-state index in [1.54, 1.807) is 0 Å². The van der Waals surface area contributed by atoms with Gasteiger partial charge in [0.2, 0.25) is 21.9 Å². The molecule has 4 unspecified atom stereocenters. The van der Waals surface area contributed by atoms with Crippen LogP contribution in [-0.2, 0) is 16.2 Å². The van der Waals surface area contributed by atoms with E-state index in [0.29, 0.717) is 6.20 Å². The Morgan fingerprint density at radius 3 is 2.32 bits per heavy atom. The second kappa shape index (κ2) is 8.51. The Morgan fingerprint density at radius 1 is 1.13 bits per heavy atom. The lowest BCUT2D eigenvalue weighted by atomic mass is 9.91. The largest absolute Gasteiger partial charge is 0.471 e. The summed E-state index contributed by atoms with van der Waals surface area (Å²) in [5, 5.41) is 17.4. The number of aliphatic hydroxyl groups is 1. The van der Waals surface area contributed by atoms with Crippen molar-refractivity contribution in [2.75, 3.05) is 5.32 Å². The van der Waals surface area contributed by atoms with E-state index in [4.69, 9.17) is 9.88 Å². The second-order valence-corrected chi connectivity index (χ2v) is 8.39. The topological polar surface area (TPSA) is 127 Å². The summed E-state index contributed by atoms with van der Waals surface area (Å²) in [6.07, 6.45) is -12.7. The molecule has 2 aromatic rings. The molecule has 1 aliphatic rings. The minimum absolute atomic E-state index is 0.186. The van der Waals surface area contributed by atoms with Gasteiger partial charge in [-0.15, -0.1) is 0 Å². The fourth-order valence-electron chi connectivity index (χ4n) is 2.89. The van der Waals surface area contributed by atoms with Crippen LogP contribution in [0, 0.1) is 0 Å². The van der Waals surface area contributed by atoms with Gasteiger partial charge in [-0.25, -0.2) is 27.3 Å². The van der Waals surface area contributed by atoms with E-state index in [1.165, 1.54) is 12.1 Å². The van der Waals surface area contributed by atoms with Crippen LogP contribution in [0.25, 0.3) is 0 Å². The molecule has 1 aliphatic carbocycles. The first kappa shape index (κ1) is 23.1. The number of benzene rings is 1. The van der Waals surface area contributed by atoms with Gasteiger partial charge in [0.05, 0.1) is 11.0 Å². The Kier molecular flexibility index (Phi) is 6.34. The van der Waals surface area contributed by atoms with Crippen molar-refractivity contribution in [2.45, 2.75) is 48.5 Å². The standard InChI is InChI=1S/C17H17F5N4O4S/c18-11-5-13(27)14(6-12(11)19)30-15-10(17(20,21)22)7-24-16(26-15)25-8-1-3-9(4-2-8)31(23,28)29/h1-4,7,11-14,27H,5-6H2,(H2,23,28,29)(H,24,25,26). The Morgan fingerprint density at radius 2 is 1.74 bits per heavy atom. The number of aliphatic hydroxyl groups excluding tert-OH is 1. The minimum Gasteiger partial charge on any atom is -0.471 e. The Hall–Kier alpha value is -2.58. The molecule has 1 fully saturated rings. The highest BCUT2D eigenvalue weighted by Crippen LogP contribution is 2.37. The first-order chi connectivity index (χ1) is 14.3. The van der Waals surface area contributed by atoms with E-state index >= 15 is 0 Å². The van der Waals surface area contributed by atoms with E-state index in [1.807, 2.05) is 0 Å². The van der Waals surface area contributed by atoms with Gasteiger partial charge in [-0.05, 0) is 24.3 Å². The van der Waals surface area contributed by atoms with Gasteiger partial charge in [-0.3, -0.25) is 0 Å². The van der Waals surface area contributed by atoms with Crippen LogP contribution in [0.2, 0.25) is 0 Å². The van der Waals surface area contributed by atoms with Gasteiger partial charge >= 0.3 is 6.18 Å². The molecule has 0 aliphatic heterocycles. The molecule has 0 saturated heterocycles. The van der Waals surface area contributed by atoms with E-state index in [2.05, 4.69) is 15.3 Å². The van der Waals surface area contributed by atoms with E-state index in [-0.39, 0.29) is 16.5 Å². The van der Waals surface area contributed by atoms with Gasteiger partial charge in [0.15, 0.2) is 0 Å². The number of anilines is 2. The molecule has 0 spiro atoms. The van der Waals surface area contributed by atoms with E-state index < -0.39 is 65.0 Å². The molecule has 4 atom stereocenters. The van der Waals surface area contributed by atoms with Crippen LogP contribution in [0.15, 0.2) is 35.4 Å². The fraction of sp³-hybridized carbons (Fsp3) is 0.412. The van der Waals surface area contributed by atoms with Crippen LogP contribution in [0.5, 0.6) is 5.88 Å². The molecule has 1 aromatic carbocycles. The monoisotopic (exact) mass is 468 g/mol. The molecule has 0 bridgehead atoms. The van der Waals surface area contributed by atoms with E-state index in [0.717, 1.165) is 12.1 Å². The van der Waals surface area contributed by atoms with Crippen molar-refractivity contribution < 1.29 is 40.2 Å². The fourth-order valence-corrected chi connectivity index (χ4v) is 3.41. The number of nitrogens with zero attached hydrogens (tertiary/aromatic N) is 2. The predicted molar refractivity (Wildman–Crippen MR) is 97.6 cm³/mol. The van der Waals surface area contributed by atoms with Gasteiger partial charge in [-0.2, -0.15) is 18.2 Å². The van der Waals surface area contributed by atoms with Crippen molar-refractivity contribution in [3.05, 3.63) is 36.0 Å². The molecular weight excluding hydrogens is 451 g/mol. The van der Waals surface area contributed by atoms with Gasteiger partial charge in [0, 0.05) is 24.7 Å². The highest BCUT2D eigenvalue weighted by Gasteiger charge is 2.41. The zero-order chi connectivity index (χ0) is 23.0. The maximum Gasteiger partial charge on any atom is 0.423 e. The molecule has 0 radical (unpaired) electrons. The summed E-state index contributed by atoms with van der Waals surface area (Å²) in [7, 11) is -3.94. The number of rotatable bonds is 5. The van der Waals surface area contributed by atoms with Gasteiger partial charge < -0.3 is 15.2 Å². The summed E-state index contributed by atoms with van der Waals surface area (Å²) >= 11 is 0. The summed E-state index contributed by atoms with van der Waals surface area (Å²) < 4.78 is 94.6. The number of hydrogen-bond donors (Lipinski definition) is 3. The van der Waals surface area contributed by atoms with Crippen molar-refractivity contribution in [2.24, 2.45) is 5.14 Å². The molecule has 1 aromatic heterocycles. The maximum absolute atomic E-state index is 13.6. The van der Waals surface area contributed by atoms with Crippen LogP contribution in [0.1, 0.15) is 18.4 Å². The summed E-state index contributed by atoms with van der Waals surface area (Å²) in [5.74, 6) is -1.32. The summed E-state index contributed by atoms with van der Waals surface area (Å²) in [4.78, 5) is 7.01. The maximum atomic E-state index is 13.6. The van der Waals surface area contributed by atoms with Gasteiger partial charge in [0.1, 0.15) is 24.0 Å². The van der Waals surface area contributed by atoms with Gasteiger partial charge in [-0.1, -0.05) is 0 Å². The minimum atomic E-state index is -4.91. The molecule has 170 valence electrons. The molecule has 0 amide bonds. The van der Waals surface area contributed by atoms with Crippen molar-refractivity contribution in [1.82, 2.24) is 9.97 Å². The number of halogens is 5. The third-order valence-corrected chi connectivity index (χ3v) is 5.44. The first-order valence-electron chi connectivity index (χ1n) is 8.81. The number of hydrogen-bond acceptors (Lipinski definition) is 7. The number of primary sulfonamides is 1. The summed E-state index contributed by atoms with van der Waals surface area (Å²) in [6, 6.07) is 4.88. The Balaban J connectivity index is 1.87. The third-order valence-electron chi connectivity index (χ3n) is 4.51. The third kappa shape index (κ3) is 5.57. The van der Waals surface area contributed by atoms with Crippen molar-refractivity contribution in [3.8, 4) is 5.88 Å². The average molecular weight is 468 g/mol. The van der Waals surface area contributed by atoms with E-state index in [9.17, 15) is 35.5 Å². The number of alkyl halides is 5. The molecule has 31 heavy (non-hydrogen) atoms. The quantitative estimate of drug-likeness (QED) is 0.576. The highest BCUT2D eigenvalue weighted by atomic mass is 32.2. The highest BCUT2D eigenvalue weighted by molar-refractivity contribution is 7.89. The van der Waals surface area contributed by atoms with Crippen molar-refractivity contribution in [3.63, 3.8) is 0 Å². The lowest BCUT2D eigenvalue weighted by Crippen LogP contribution is -2.44. The summed E-state index contributed by atoms with van der Waals surface area (Å²) in [6.45, 7) is 0. The number of nitrogens with two attached hydrogens (primary N) is 1. The molecule has 1 heterocycles. The number of aromatic nitrogens is 2. The predicted octanol–water partition coefficient (Wildman–Crippen LogP) is 2.46. The zero-order valence-corrected chi connectivity index (χ0v) is 16.4. The molecule has 8 nitrogen and oxygen atoms in total. The van der Waals surface area contributed by atoms with Crippen LogP contribution in [0.4, 0.5) is 33.6 Å². The molecule has 4 N–H and O–H groups in total. The SMILES string of the molecule is NS(=O)(=O)c1ccc(Nc2ncc(C(F)(F)F)c(OC3CC(F)C(F)CC3O)n2)cc1.